The minimum absolute atomic E-state index is 0.261. The lowest BCUT2D eigenvalue weighted by molar-refractivity contribution is -0.137. The summed E-state index contributed by atoms with van der Waals surface area (Å²) in [5.41, 5.74) is 0.110. The second-order valence-corrected chi connectivity index (χ2v) is 5.74. The normalized spacial score (nSPS) is 24.6. The van der Waals surface area contributed by atoms with E-state index >= 15 is 0 Å². The Morgan fingerprint density at radius 2 is 1.90 bits per heavy atom. The predicted molar refractivity (Wildman–Crippen MR) is 73.6 cm³/mol. The van der Waals surface area contributed by atoms with E-state index in [1.165, 1.54) is 0 Å². The Labute approximate surface area is 117 Å². The average Bonchev–Trinajstić information content (AvgIpc) is 2.95. The van der Waals surface area contributed by atoms with Gasteiger partial charge in [-0.05, 0) is 42.7 Å². The SMILES string of the molecule is CCC1(CC)C(C)C1Nc1ncc(C(F)(F)F)cc1C. The highest BCUT2D eigenvalue weighted by molar-refractivity contribution is 5.48. The van der Waals surface area contributed by atoms with E-state index in [2.05, 4.69) is 31.1 Å². The number of anilines is 1. The molecule has 0 amide bonds. The number of hydrogen-bond acceptors (Lipinski definition) is 2. The van der Waals surface area contributed by atoms with Crippen molar-refractivity contribution >= 4 is 5.82 Å². The number of pyridine rings is 1. The van der Waals surface area contributed by atoms with E-state index < -0.39 is 11.7 Å². The molecular formula is C15H21F3N2. The summed E-state index contributed by atoms with van der Waals surface area (Å²) < 4.78 is 37.8. The van der Waals surface area contributed by atoms with Crippen molar-refractivity contribution in [3.8, 4) is 0 Å². The van der Waals surface area contributed by atoms with Crippen molar-refractivity contribution in [2.45, 2.75) is 52.8 Å². The molecule has 1 fully saturated rings. The quantitative estimate of drug-likeness (QED) is 0.871. The van der Waals surface area contributed by atoms with Gasteiger partial charge in [0.25, 0.3) is 0 Å². The van der Waals surface area contributed by atoms with Gasteiger partial charge >= 0.3 is 6.18 Å². The molecule has 1 aromatic rings. The van der Waals surface area contributed by atoms with Crippen molar-refractivity contribution in [1.29, 1.82) is 0 Å². The van der Waals surface area contributed by atoms with Crippen molar-refractivity contribution in [1.82, 2.24) is 4.98 Å². The van der Waals surface area contributed by atoms with Gasteiger partial charge in [-0.15, -0.1) is 0 Å². The highest BCUT2D eigenvalue weighted by atomic mass is 19.4. The maximum Gasteiger partial charge on any atom is 0.417 e. The molecule has 112 valence electrons. The summed E-state index contributed by atoms with van der Waals surface area (Å²) in [5.74, 6) is 1.10. The monoisotopic (exact) mass is 286 g/mol. The minimum atomic E-state index is -4.33. The number of nitrogens with zero attached hydrogens (tertiary/aromatic N) is 1. The van der Waals surface area contributed by atoms with E-state index in [1.54, 1.807) is 6.92 Å². The molecule has 5 heteroatoms. The molecular weight excluding hydrogens is 265 g/mol. The van der Waals surface area contributed by atoms with Crippen molar-refractivity contribution < 1.29 is 13.2 Å². The van der Waals surface area contributed by atoms with Gasteiger partial charge in [0.05, 0.1) is 5.56 Å². The van der Waals surface area contributed by atoms with Gasteiger partial charge in [0, 0.05) is 12.2 Å². The first-order chi connectivity index (χ1) is 9.26. The third-order valence-corrected chi connectivity index (χ3v) is 4.93. The molecule has 0 saturated heterocycles. The predicted octanol–water partition coefficient (Wildman–Crippen LogP) is 4.65. The Bertz CT molecular complexity index is 492. The van der Waals surface area contributed by atoms with Crippen molar-refractivity contribution in [2.24, 2.45) is 11.3 Å². The molecule has 2 unspecified atom stereocenters. The minimum Gasteiger partial charge on any atom is -0.366 e. The molecule has 1 aromatic heterocycles. The van der Waals surface area contributed by atoms with Crippen molar-refractivity contribution in [3.63, 3.8) is 0 Å². The highest BCUT2D eigenvalue weighted by Gasteiger charge is 2.59. The van der Waals surface area contributed by atoms with Crippen LogP contribution in [0.1, 0.15) is 44.7 Å². The van der Waals surface area contributed by atoms with Crippen LogP contribution in [-0.4, -0.2) is 11.0 Å². The lowest BCUT2D eigenvalue weighted by Crippen LogP contribution is -2.15. The summed E-state index contributed by atoms with van der Waals surface area (Å²) in [7, 11) is 0. The van der Waals surface area contributed by atoms with Gasteiger partial charge in [-0.3, -0.25) is 0 Å². The first-order valence-electron chi connectivity index (χ1n) is 7.06. The molecule has 2 rings (SSSR count). The number of aromatic nitrogens is 1. The number of alkyl halides is 3. The van der Waals surface area contributed by atoms with Crippen LogP contribution in [0.2, 0.25) is 0 Å². The summed E-state index contributed by atoms with van der Waals surface area (Å²) in [6.07, 6.45) is -1.29. The van der Waals surface area contributed by atoms with Crippen LogP contribution >= 0.6 is 0 Å². The molecule has 1 aliphatic carbocycles. The van der Waals surface area contributed by atoms with E-state index in [9.17, 15) is 13.2 Å². The summed E-state index contributed by atoms with van der Waals surface area (Å²) in [5, 5.41) is 3.33. The van der Waals surface area contributed by atoms with E-state index in [4.69, 9.17) is 0 Å². The van der Waals surface area contributed by atoms with Gasteiger partial charge in [0.1, 0.15) is 5.82 Å². The van der Waals surface area contributed by atoms with Crippen LogP contribution in [0, 0.1) is 18.3 Å². The lowest BCUT2D eigenvalue weighted by atomic mass is 9.97. The van der Waals surface area contributed by atoms with Gasteiger partial charge in [0.2, 0.25) is 0 Å². The Morgan fingerprint density at radius 1 is 1.30 bits per heavy atom. The second-order valence-electron chi connectivity index (χ2n) is 5.74. The van der Waals surface area contributed by atoms with Gasteiger partial charge in [-0.2, -0.15) is 13.2 Å². The molecule has 20 heavy (non-hydrogen) atoms. The number of rotatable bonds is 4. The summed E-state index contributed by atoms with van der Waals surface area (Å²) in [6, 6.07) is 1.46. The number of hydrogen-bond donors (Lipinski definition) is 1. The van der Waals surface area contributed by atoms with Crippen LogP contribution < -0.4 is 5.32 Å². The van der Waals surface area contributed by atoms with Crippen LogP contribution in [0.4, 0.5) is 19.0 Å². The van der Waals surface area contributed by atoms with Gasteiger partial charge < -0.3 is 5.32 Å². The largest absolute Gasteiger partial charge is 0.417 e. The molecule has 0 aliphatic heterocycles. The molecule has 0 radical (unpaired) electrons. The molecule has 1 heterocycles. The number of aryl methyl sites for hydroxylation is 1. The fourth-order valence-electron chi connectivity index (χ4n) is 3.33. The van der Waals surface area contributed by atoms with Crippen LogP contribution in [0.15, 0.2) is 12.3 Å². The third kappa shape index (κ3) is 2.38. The topological polar surface area (TPSA) is 24.9 Å². The van der Waals surface area contributed by atoms with Gasteiger partial charge in [0.15, 0.2) is 0 Å². The maximum absolute atomic E-state index is 12.6. The highest BCUT2D eigenvalue weighted by Crippen LogP contribution is 2.58. The Morgan fingerprint density at radius 3 is 2.30 bits per heavy atom. The Kier molecular flexibility index (Phi) is 3.73. The number of nitrogens with one attached hydrogen (secondary N) is 1. The van der Waals surface area contributed by atoms with Gasteiger partial charge in [-0.25, -0.2) is 4.98 Å². The second kappa shape index (κ2) is 4.93. The van der Waals surface area contributed by atoms with Crippen LogP contribution in [0.25, 0.3) is 0 Å². The fourth-order valence-corrected chi connectivity index (χ4v) is 3.33. The molecule has 1 N–H and O–H groups in total. The average molecular weight is 286 g/mol. The fraction of sp³-hybridized carbons (Fsp3) is 0.667. The first-order valence-corrected chi connectivity index (χ1v) is 7.06. The van der Waals surface area contributed by atoms with E-state index in [0.29, 0.717) is 23.3 Å². The van der Waals surface area contributed by atoms with E-state index in [0.717, 1.165) is 25.1 Å². The molecule has 2 atom stereocenters. The molecule has 0 aromatic carbocycles. The zero-order chi connectivity index (χ0) is 15.1. The van der Waals surface area contributed by atoms with Gasteiger partial charge in [-0.1, -0.05) is 20.8 Å². The summed E-state index contributed by atoms with van der Waals surface area (Å²) >= 11 is 0. The molecule has 0 bridgehead atoms. The van der Waals surface area contributed by atoms with E-state index in [-0.39, 0.29) is 5.41 Å². The van der Waals surface area contributed by atoms with Crippen LogP contribution in [-0.2, 0) is 6.18 Å². The lowest BCUT2D eigenvalue weighted by Gasteiger charge is -2.15. The zero-order valence-corrected chi connectivity index (χ0v) is 12.3. The maximum atomic E-state index is 12.6. The van der Waals surface area contributed by atoms with Crippen LogP contribution in [0.5, 0.6) is 0 Å². The zero-order valence-electron chi connectivity index (χ0n) is 12.3. The summed E-state index contributed by atoms with van der Waals surface area (Å²) in [4.78, 5) is 3.96. The molecule has 1 saturated carbocycles. The first kappa shape index (κ1) is 15.1. The number of halogens is 3. The van der Waals surface area contributed by atoms with E-state index in [1.807, 2.05) is 0 Å². The third-order valence-electron chi connectivity index (χ3n) is 4.93. The molecule has 1 aliphatic rings. The standard InChI is InChI=1S/C15H21F3N2/c1-5-14(6-2)10(4)12(14)20-13-9(3)7-11(8-19-13)15(16,17)18/h7-8,10,12H,5-6H2,1-4H3,(H,19,20). The molecule has 0 spiro atoms. The Balaban J connectivity index is 2.16. The van der Waals surface area contributed by atoms with Crippen molar-refractivity contribution in [3.05, 3.63) is 23.4 Å². The molecule has 2 nitrogen and oxygen atoms in total. The smallest absolute Gasteiger partial charge is 0.366 e. The van der Waals surface area contributed by atoms with Crippen LogP contribution in [0.3, 0.4) is 0 Å². The van der Waals surface area contributed by atoms with Crippen molar-refractivity contribution in [2.75, 3.05) is 5.32 Å². The Hall–Kier alpha value is -1.26. The summed E-state index contributed by atoms with van der Waals surface area (Å²) in [6.45, 7) is 8.17.